The Kier molecular flexibility index (Phi) is 4.60. The van der Waals surface area contributed by atoms with Gasteiger partial charge >= 0.3 is 0 Å². The number of ether oxygens (including phenoxy) is 1. The fraction of sp³-hybridized carbons (Fsp3) is 1.00. The predicted octanol–water partition coefficient (Wildman–Crippen LogP) is 0.258. The number of methoxy groups -OCH3 is 1. The third-order valence-electron chi connectivity index (χ3n) is 2.03. The highest BCUT2D eigenvalue weighted by molar-refractivity contribution is 4.67. The minimum atomic E-state index is 0.244. The Balaban J connectivity index is 3.69. The molecule has 0 spiro atoms. The van der Waals surface area contributed by atoms with E-state index in [2.05, 4.69) is 6.92 Å². The molecule has 10 heavy (non-hydrogen) atoms. The monoisotopic (exact) mass is 146 g/mol. The second kappa shape index (κ2) is 4.66. The van der Waals surface area contributed by atoms with Crippen LogP contribution >= 0.6 is 0 Å². The van der Waals surface area contributed by atoms with Gasteiger partial charge in [0.2, 0.25) is 0 Å². The summed E-state index contributed by atoms with van der Waals surface area (Å²) in [7, 11) is 3.70. The smallest absolute Gasteiger partial charge is 0.0696 e. The van der Waals surface area contributed by atoms with E-state index < -0.39 is 0 Å². The van der Waals surface area contributed by atoms with Crippen molar-refractivity contribution in [1.29, 1.82) is 0 Å². The summed E-state index contributed by atoms with van der Waals surface area (Å²) in [6, 6.07) is 0.384. The predicted molar refractivity (Wildman–Crippen MR) is 42.8 cm³/mol. The van der Waals surface area contributed by atoms with Gasteiger partial charge in [-0.3, -0.25) is 4.90 Å². The Labute approximate surface area is 63.1 Å². The van der Waals surface area contributed by atoms with E-state index in [0.717, 1.165) is 0 Å². The molecular formula is C7H18N2O. The molecule has 0 bridgehead atoms. The summed E-state index contributed by atoms with van der Waals surface area (Å²) in [6.45, 7) is 4.72. The molecule has 0 aromatic rings. The quantitative estimate of drug-likeness (QED) is 0.578. The van der Waals surface area contributed by atoms with E-state index in [-0.39, 0.29) is 6.10 Å². The minimum absolute atomic E-state index is 0.244. The summed E-state index contributed by atoms with van der Waals surface area (Å²) in [6.07, 6.45) is 0.244. The molecule has 62 valence electrons. The molecule has 0 aliphatic heterocycles. The van der Waals surface area contributed by atoms with Crippen molar-refractivity contribution in [3.63, 3.8) is 0 Å². The van der Waals surface area contributed by atoms with Gasteiger partial charge in [-0.25, -0.2) is 0 Å². The zero-order valence-electron chi connectivity index (χ0n) is 7.29. The first-order chi connectivity index (χ1) is 4.63. The van der Waals surface area contributed by atoms with Crippen molar-refractivity contribution in [2.45, 2.75) is 26.0 Å². The summed E-state index contributed by atoms with van der Waals surface area (Å²) >= 11 is 0. The molecule has 0 aliphatic rings. The van der Waals surface area contributed by atoms with Crippen LogP contribution in [0.1, 0.15) is 13.8 Å². The Hall–Kier alpha value is -0.120. The highest BCUT2D eigenvalue weighted by Crippen LogP contribution is 2.02. The Bertz CT molecular complexity index is 77.7. The van der Waals surface area contributed by atoms with Crippen molar-refractivity contribution in [1.82, 2.24) is 4.90 Å². The fourth-order valence-corrected chi connectivity index (χ4v) is 0.722. The van der Waals surface area contributed by atoms with Crippen molar-refractivity contribution < 1.29 is 4.74 Å². The van der Waals surface area contributed by atoms with Gasteiger partial charge in [0, 0.05) is 19.8 Å². The molecule has 3 nitrogen and oxygen atoms in total. The molecular weight excluding hydrogens is 128 g/mol. The average Bonchev–Trinajstić information content (AvgIpc) is 2.00. The van der Waals surface area contributed by atoms with E-state index in [1.807, 2.05) is 18.9 Å². The Morgan fingerprint density at radius 2 is 2.00 bits per heavy atom. The Morgan fingerprint density at radius 1 is 1.50 bits per heavy atom. The lowest BCUT2D eigenvalue weighted by atomic mass is 10.2. The van der Waals surface area contributed by atoms with Crippen molar-refractivity contribution in [2.24, 2.45) is 5.73 Å². The van der Waals surface area contributed by atoms with E-state index in [1.165, 1.54) is 0 Å². The molecule has 0 aromatic carbocycles. The lowest BCUT2D eigenvalue weighted by molar-refractivity contribution is 0.0450. The van der Waals surface area contributed by atoms with Crippen LogP contribution in [0.15, 0.2) is 0 Å². The maximum atomic E-state index is 5.44. The second-order valence-electron chi connectivity index (χ2n) is 2.62. The first-order valence-corrected chi connectivity index (χ1v) is 3.56. The minimum Gasteiger partial charge on any atom is -0.380 e. The highest BCUT2D eigenvalue weighted by atomic mass is 16.5. The van der Waals surface area contributed by atoms with Crippen LogP contribution in [0.2, 0.25) is 0 Å². The summed E-state index contributed by atoms with van der Waals surface area (Å²) in [4.78, 5) is 2.05. The van der Waals surface area contributed by atoms with Crippen LogP contribution in [0, 0.1) is 0 Å². The molecule has 0 aromatic heterocycles. The largest absolute Gasteiger partial charge is 0.380 e. The van der Waals surface area contributed by atoms with Crippen molar-refractivity contribution >= 4 is 0 Å². The molecule has 0 amide bonds. The third-order valence-corrected chi connectivity index (χ3v) is 2.03. The maximum Gasteiger partial charge on any atom is 0.0696 e. The van der Waals surface area contributed by atoms with Gasteiger partial charge in [-0.2, -0.15) is 0 Å². The van der Waals surface area contributed by atoms with Gasteiger partial charge in [0.05, 0.1) is 6.10 Å². The van der Waals surface area contributed by atoms with Crippen molar-refractivity contribution in [3.8, 4) is 0 Å². The van der Waals surface area contributed by atoms with E-state index in [9.17, 15) is 0 Å². The normalized spacial score (nSPS) is 17.4. The summed E-state index contributed by atoms with van der Waals surface area (Å²) < 4.78 is 5.14. The maximum absolute atomic E-state index is 5.44. The second-order valence-corrected chi connectivity index (χ2v) is 2.62. The zero-order valence-corrected chi connectivity index (χ0v) is 7.29. The van der Waals surface area contributed by atoms with Gasteiger partial charge in [-0.15, -0.1) is 0 Å². The van der Waals surface area contributed by atoms with Crippen LogP contribution in [-0.2, 0) is 4.74 Å². The van der Waals surface area contributed by atoms with E-state index in [0.29, 0.717) is 12.7 Å². The number of nitrogens with two attached hydrogens (primary N) is 1. The van der Waals surface area contributed by atoms with Crippen molar-refractivity contribution in [3.05, 3.63) is 0 Å². The highest BCUT2D eigenvalue weighted by Gasteiger charge is 2.14. The SMILES string of the molecule is COC(C)C(C)N(C)CN. The molecule has 0 saturated carbocycles. The van der Waals surface area contributed by atoms with Crippen LogP contribution in [0.3, 0.4) is 0 Å². The van der Waals surface area contributed by atoms with Gasteiger partial charge in [-0.1, -0.05) is 0 Å². The van der Waals surface area contributed by atoms with Crippen LogP contribution in [0.25, 0.3) is 0 Å². The molecule has 0 heterocycles. The zero-order chi connectivity index (χ0) is 8.15. The standard InChI is InChI=1S/C7H18N2O/c1-6(7(2)10-4)9(3)5-8/h6-7H,5,8H2,1-4H3. The van der Waals surface area contributed by atoms with Gasteiger partial charge in [0.15, 0.2) is 0 Å². The number of nitrogens with zero attached hydrogens (tertiary/aromatic N) is 1. The van der Waals surface area contributed by atoms with Gasteiger partial charge in [-0.05, 0) is 20.9 Å². The molecule has 2 atom stereocenters. The molecule has 2 N–H and O–H groups in total. The molecule has 3 heteroatoms. The first kappa shape index (κ1) is 9.88. The molecule has 0 saturated heterocycles. The topological polar surface area (TPSA) is 38.5 Å². The van der Waals surface area contributed by atoms with Crippen LogP contribution in [0.4, 0.5) is 0 Å². The molecule has 0 rings (SSSR count). The van der Waals surface area contributed by atoms with E-state index in [1.54, 1.807) is 7.11 Å². The number of hydrogen-bond acceptors (Lipinski definition) is 3. The number of hydrogen-bond donors (Lipinski definition) is 1. The third kappa shape index (κ3) is 2.64. The number of likely N-dealkylation sites (N-methyl/N-ethyl adjacent to an activating group) is 1. The summed E-state index contributed by atoms with van der Waals surface area (Å²) in [5.41, 5.74) is 5.44. The summed E-state index contributed by atoms with van der Waals surface area (Å²) in [5, 5.41) is 0. The van der Waals surface area contributed by atoms with Crippen molar-refractivity contribution in [2.75, 3.05) is 20.8 Å². The molecule has 0 radical (unpaired) electrons. The van der Waals surface area contributed by atoms with Crippen LogP contribution < -0.4 is 5.73 Å². The first-order valence-electron chi connectivity index (χ1n) is 3.56. The molecule has 0 aliphatic carbocycles. The summed E-state index contributed by atoms with van der Waals surface area (Å²) in [5.74, 6) is 0. The number of rotatable bonds is 4. The average molecular weight is 146 g/mol. The van der Waals surface area contributed by atoms with E-state index in [4.69, 9.17) is 10.5 Å². The van der Waals surface area contributed by atoms with Gasteiger partial charge in [0.1, 0.15) is 0 Å². The van der Waals surface area contributed by atoms with Crippen LogP contribution in [-0.4, -0.2) is 37.9 Å². The van der Waals surface area contributed by atoms with Crippen LogP contribution in [0.5, 0.6) is 0 Å². The van der Waals surface area contributed by atoms with E-state index >= 15 is 0 Å². The lowest BCUT2D eigenvalue weighted by Gasteiger charge is -2.27. The van der Waals surface area contributed by atoms with Gasteiger partial charge < -0.3 is 10.5 Å². The molecule has 0 fully saturated rings. The van der Waals surface area contributed by atoms with Gasteiger partial charge in [0.25, 0.3) is 0 Å². The molecule has 2 unspecified atom stereocenters. The fourth-order valence-electron chi connectivity index (χ4n) is 0.722. The lowest BCUT2D eigenvalue weighted by Crippen LogP contribution is -2.41. The Morgan fingerprint density at radius 3 is 2.30 bits per heavy atom.